The minimum Gasteiger partial charge on any atom is -0.463 e. The van der Waals surface area contributed by atoms with Crippen LogP contribution in [0.2, 0.25) is 0 Å². The number of unbranched alkanes of at least 4 members (excludes halogenated alkanes) is 10. The fraction of sp³-hybridized carbons (Fsp3) is 0.917. The van der Waals surface area contributed by atoms with Gasteiger partial charge in [0.25, 0.3) is 0 Å². The lowest BCUT2D eigenvalue weighted by molar-refractivity contribution is -0.199. The fourth-order valence-electron chi connectivity index (χ4n) is 3.63. The van der Waals surface area contributed by atoms with E-state index in [0.29, 0.717) is 12.8 Å². The van der Waals surface area contributed by atoms with Crippen molar-refractivity contribution in [3.8, 4) is 0 Å². The Bertz CT molecular complexity index is 498. The van der Waals surface area contributed by atoms with Crippen molar-refractivity contribution in [2.75, 3.05) is 13.2 Å². The molecule has 0 aliphatic rings. The van der Waals surface area contributed by atoms with Crippen molar-refractivity contribution < 1.29 is 39.9 Å². The molecule has 0 aromatic heterocycles. The molecule has 0 amide bonds. The van der Waals surface area contributed by atoms with Gasteiger partial charge in [-0.3, -0.25) is 9.59 Å². The molecule has 190 valence electrons. The average molecular weight is 463 g/mol. The predicted molar refractivity (Wildman–Crippen MR) is 122 cm³/mol. The van der Waals surface area contributed by atoms with Crippen molar-refractivity contribution >= 4 is 11.8 Å². The number of Topliss-reactive ketones (excluding diaryl/α,β-unsaturated/α-hetero) is 1. The molecule has 0 fully saturated rings. The molecule has 0 heterocycles. The van der Waals surface area contributed by atoms with Crippen molar-refractivity contribution in [3.05, 3.63) is 0 Å². The molecule has 5 N–H and O–H groups in total. The van der Waals surface area contributed by atoms with Crippen molar-refractivity contribution in [3.63, 3.8) is 0 Å². The van der Waals surface area contributed by atoms with Crippen LogP contribution in [0.5, 0.6) is 0 Å². The lowest BCUT2D eigenvalue weighted by Crippen LogP contribution is -2.63. The third-order valence-electron chi connectivity index (χ3n) is 5.85. The van der Waals surface area contributed by atoms with Crippen LogP contribution in [0.1, 0.15) is 104 Å². The predicted octanol–water partition coefficient (Wildman–Crippen LogP) is 2.41. The van der Waals surface area contributed by atoms with E-state index in [2.05, 4.69) is 13.8 Å². The van der Waals surface area contributed by atoms with E-state index >= 15 is 0 Å². The SMILES string of the molecule is CCCCCCCCC(=O)OC[C@@H](O)[C@](O)(C(=O)CCCCCCCC)[C@H](O)[C@@H](O)CO. The molecule has 0 aromatic carbocycles. The van der Waals surface area contributed by atoms with Crippen molar-refractivity contribution in [1.29, 1.82) is 0 Å². The summed E-state index contributed by atoms with van der Waals surface area (Å²) in [5.74, 6) is -1.42. The number of rotatable bonds is 21. The molecule has 8 heteroatoms. The van der Waals surface area contributed by atoms with Crippen LogP contribution in [0.4, 0.5) is 0 Å². The summed E-state index contributed by atoms with van der Waals surface area (Å²) in [6.45, 7) is 2.62. The van der Waals surface area contributed by atoms with Crippen LogP contribution in [0, 0.1) is 0 Å². The number of ketones is 1. The molecule has 0 rings (SSSR count). The van der Waals surface area contributed by atoms with Crippen LogP contribution < -0.4 is 0 Å². The monoisotopic (exact) mass is 462 g/mol. The lowest BCUT2D eigenvalue weighted by Gasteiger charge is -2.37. The van der Waals surface area contributed by atoms with Gasteiger partial charge in [-0.2, -0.15) is 0 Å². The van der Waals surface area contributed by atoms with Gasteiger partial charge in [-0.05, 0) is 12.8 Å². The van der Waals surface area contributed by atoms with E-state index in [1.165, 1.54) is 0 Å². The highest BCUT2D eigenvalue weighted by Gasteiger charge is 2.51. The topological polar surface area (TPSA) is 145 Å². The Labute approximate surface area is 193 Å². The van der Waals surface area contributed by atoms with Gasteiger partial charge in [0.15, 0.2) is 11.4 Å². The van der Waals surface area contributed by atoms with Gasteiger partial charge < -0.3 is 30.3 Å². The molecule has 0 unspecified atom stereocenters. The van der Waals surface area contributed by atoms with E-state index in [-0.39, 0.29) is 12.8 Å². The number of carbonyl (C=O) groups is 2. The number of carbonyl (C=O) groups excluding carboxylic acids is 2. The number of aliphatic hydroxyl groups is 5. The van der Waals surface area contributed by atoms with Gasteiger partial charge >= 0.3 is 5.97 Å². The molecule has 0 aliphatic heterocycles. The number of hydrogen-bond acceptors (Lipinski definition) is 8. The molecule has 0 aliphatic carbocycles. The van der Waals surface area contributed by atoms with E-state index < -0.39 is 48.9 Å². The molecule has 0 radical (unpaired) electrons. The number of ether oxygens (including phenoxy) is 1. The molecular formula is C24H46O8. The van der Waals surface area contributed by atoms with Crippen LogP contribution in [0.15, 0.2) is 0 Å². The average Bonchev–Trinajstić information content (AvgIpc) is 2.79. The zero-order valence-electron chi connectivity index (χ0n) is 20.0. The van der Waals surface area contributed by atoms with Crippen LogP contribution >= 0.6 is 0 Å². The van der Waals surface area contributed by atoms with E-state index in [1.54, 1.807) is 0 Å². The molecule has 0 saturated heterocycles. The Hall–Kier alpha value is -1.06. The second-order valence-electron chi connectivity index (χ2n) is 8.68. The zero-order valence-corrected chi connectivity index (χ0v) is 20.0. The van der Waals surface area contributed by atoms with Crippen LogP contribution in [-0.2, 0) is 14.3 Å². The highest BCUT2D eigenvalue weighted by Crippen LogP contribution is 2.24. The van der Waals surface area contributed by atoms with Gasteiger partial charge in [-0.15, -0.1) is 0 Å². The van der Waals surface area contributed by atoms with Gasteiger partial charge in [0.05, 0.1) is 6.61 Å². The first-order valence-corrected chi connectivity index (χ1v) is 12.3. The highest BCUT2D eigenvalue weighted by atomic mass is 16.5. The second-order valence-corrected chi connectivity index (χ2v) is 8.68. The Balaban J connectivity index is 4.75. The quantitative estimate of drug-likeness (QED) is 0.129. The normalized spacial score (nSPS) is 16.2. The van der Waals surface area contributed by atoms with Gasteiger partial charge in [-0.1, -0.05) is 78.1 Å². The second kappa shape index (κ2) is 18.4. The third-order valence-corrected chi connectivity index (χ3v) is 5.85. The van der Waals surface area contributed by atoms with Crippen LogP contribution in [0.3, 0.4) is 0 Å². The molecule has 0 aromatic rings. The number of aliphatic hydroxyl groups excluding tert-OH is 4. The zero-order chi connectivity index (χ0) is 24.4. The van der Waals surface area contributed by atoms with Gasteiger partial charge in [0.2, 0.25) is 0 Å². The molecule has 0 spiro atoms. The van der Waals surface area contributed by atoms with Crippen molar-refractivity contribution in [2.24, 2.45) is 0 Å². The minimum absolute atomic E-state index is 0.111. The van der Waals surface area contributed by atoms with Gasteiger partial charge in [0.1, 0.15) is 24.9 Å². The summed E-state index contributed by atoms with van der Waals surface area (Å²) >= 11 is 0. The Morgan fingerprint density at radius 2 is 1.25 bits per heavy atom. The van der Waals surface area contributed by atoms with E-state index in [9.17, 15) is 30.0 Å². The summed E-state index contributed by atoms with van der Waals surface area (Å²) in [6.07, 6.45) is 5.51. The largest absolute Gasteiger partial charge is 0.463 e. The number of hydrogen-bond donors (Lipinski definition) is 5. The molecule has 0 bridgehead atoms. The maximum Gasteiger partial charge on any atom is 0.305 e. The Morgan fingerprint density at radius 1 is 0.781 bits per heavy atom. The van der Waals surface area contributed by atoms with Crippen molar-refractivity contribution in [2.45, 2.75) is 128 Å². The third kappa shape index (κ3) is 11.7. The smallest absolute Gasteiger partial charge is 0.305 e. The van der Waals surface area contributed by atoms with Crippen LogP contribution in [-0.4, -0.2) is 74.4 Å². The first-order valence-electron chi connectivity index (χ1n) is 12.3. The van der Waals surface area contributed by atoms with Gasteiger partial charge in [0, 0.05) is 12.8 Å². The maximum absolute atomic E-state index is 12.7. The molecule has 32 heavy (non-hydrogen) atoms. The first-order chi connectivity index (χ1) is 15.2. The summed E-state index contributed by atoms with van der Waals surface area (Å²) in [5.41, 5.74) is -2.74. The molecule has 4 atom stereocenters. The van der Waals surface area contributed by atoms with Crippen LogP contribution in [0.25, 0.3) is 0 Å². The van der Waals surface area contributed by atoms with Crippen molar-refractivity contribution in [1.82, 2.24) is 0 Å². The summed E-state index contributed by atoms with van der Waals surface area (Å²) in [6, 6.07) is 0. The standard InChI is InChI=1S/C24H46O8/c1-3-5-7-9-11-13-15-20(27)24(31,23(30)19(26)17-25)21(28)18-32-22(29)16-14-12-10-8-6-4-2/h19,21,23,25-26,28,30-31H,3-18H2,1-2H3/t19-,21+,23+,24+/m0/s1. The van der Waals surface area contributed by atoms with E-state index in [1.807, 2.05) is 0 Å². The molecule has 0 saturated carbocycles. The van der Waals surface area contributed by atoms with E-state index in [0.717, 1.165) is 64.2 Å². The van der Waals surface area contributed by atoms with E-state index in [4.69, 9.17) is 9.84 Å². The summed E-state index contributed by atoms with van der Waals surface area (Å²) in [4.78, 5) is 24.6. The fourth-order valence-corrected chi connectivity index (χ4v) is 3.63. The first kappa shape index (κ1) is 30.9. The highest BCUT2D eigenvalue weighted by molar-refractivity contribution is 5.88. The summed E-state index contributed by atoms with van der Waals surface area (Å²) in [7, 11) is 0. The molecular weight excluding hydrogens is 416 g/mol. The molecule has 8 nitrogen and oxygen atoms in total. The minimum atomic E-state index is -2.74. The Kier molecular flexibility index (Phi) is 17.8. The summed E-state index contributed by atoms with van der Waals surface area (Å²) < 4.78 is 5.00. The summed E-state index contributed by atoms with van der Waals surface area (Å²) in [5, 5.41) is 50.5. The maximum atomic E-state index is 12.7. The Morgan fingerprint density at radius 3 is 1.75 bits per heavy atom. The number of esters is 1. The van der Waals surface area contributed by atoms with Gasteiger partial charge in [-0.25, -0.2) is 0 Å². The lowest BCUT2D eigenvalue weighted by atomic mass is 9.81.